The summed E-state index contributed by atoms with van der Waals surface area (Å²) in [5, 5.41) is 12.5. The Morgan fingerprint density at radius 3 is 2.44 bits per heavy atom. The predicted molar refractivity (Wildman–Crippen MR) is 152 cm³/mol. The van der Waals surface area contributed by atoms with Crippen molar-refractivity contribution in [1.82, 2.24) is 9.80 Å². The van der Waals surface area contributed by atoms with Crippen LogP contribution in [0.25, 0.3) is 6.08 Å². The van der Waals surface area contributed by atoms with E-state index in [2.05, 4.69) is 10.2 Å². The summed E-state index contributed by atoms with van der Waals surface area (Å²) in [4.78, 5) is 32.4. The molecule has 3 fully saturated rings. The van der Waals surface area contributed by atoms with Crippen LogP contribution in [0, 0.1) is 0 Å². The third-order valence-electron chi connectivity index (χ3n) is 8.45. The van der Waals surface area contributed by atoms with E-state index in [0.29, 0.717) is 30.0 Å². The number of piperazine rings is 1. The summed E-state index contributed by atoms with van der Waals surface area (Å²) >= 11 is 0. The standard InChI is InChI=1S/C31H36N4O4/c36-21-23-9-8-22-4-3-7-28(30(22)32-23)31(38)34-18-19-35(29(37)20-34)25-10-12-26(13-11-25)39-27-14-16-33(17-15-27)24-5-1-2-6-24/h3-4,7-13,21,24,27,32,36H,1-2,5-6,14-20H2/b23-21+. The number of allylic oxidation sites excluding steroid dienone is 1. The van der Waals surface area contributed by atoms with Crippen molar-refractivity contribution in [3.8, 4) is 5.75 Å². The molecule has 0 unspecified atom stereocenters. The van der Waals surface area contributed by atoms with E-state index in [0.717, 1.165) is 55.2 Å². The molecule has 0 radical (unpaired) electrons. The van der Waals surface area contributed by atoms with Gasteiger partial charge in [-0.05, 0) is 67.7 Å². The lowest BCUT2D eigenvalue weighted by atomic mass is 10.0. The molecule has 0 atom stereocenters. The lowest BCUT2D eigenvalue weighted by molar-refractivity contribution is -0.120. The van der Waals surface area contributed by atoms with Gasteiger partial charge < -0.3 is 29.9 Å². The first kappa shape index (κ1) is 25.5. The lowest BCUT2D eigenvalue weighted by Gasteiger charge is -2.36. The van der Waals surface area contributed by atoms with Crippen LogP contribution in [-0.4, -0.2) is 71.6 Å². The zero-order valence-corrected chi connectivity index (χ0v) is 22.2. The monoisotopic (exact) mass is 528 g/mol. The van der Waals surface area contributed by atoms with E-state index >= 15 is 0 Å². The normalized spacial score (nSPS) is 21.7. The largest absolute Gasteiger partial charge is 0.513 e. The number of piperidine rings is 1. The van der Waals surface area contributed by atoms with E-state index in [-0.39, 0.29) is 24.5 Å². The molecule has 0 aromatic heterocycles. The zero-order chi connectivity index (χ0) is 26.8. The van der Waals surface area contributed by atoms with Gasteiger partial charge in [-0.25, -0.2) is 0 Å². The van der Waals surface area contributed by atoms with Crippen molar-refractivity contribution >= 4 is 29.3 Å². The fraction of sp³-hybridized carbons (Fsp3) is 0.419. The Balaban J connectivity index is 1.04. The maximum absolute atomic E-state index is 13.4. The molecule has 8 nitrogen and oxygen atoms in total. The highest BCUT2D eigenvalue weighted by Gasteiger charge is 2.31. The van der Waals surface area contributed by atoms with Crippen molar-refractivity contribution in [2.24, 2.45) is 0 Å². The van der Waals surface area contributed by atoms with Crippen LogP contribution in [0.2, 0.25) is 0 Å². The molecule has 2 aromatic rings. The highest BCUT2D eigenvalue weighted by molar-refractivity contribution is 6.05. The highest BCUT2D eigenvalue weighted by Crippen LogP contribution is 2.31. The number of hydrogen-bond donors (Lipinski definition) is 2. The van der Waals surface area contributed by atoms with Crippen LogP contribution < -0.4 is 15.0 Å². The first-order valence-corrected chi connectivity index (χ1v) is 14.1. The summed E-state index contributed by atoms with van der Waals surface area (Å²) in [6.07, 6.45) is 12.4. The van der Waals surface area contributed by atoms with Crippen LogP contribution in [0.1, 0.15) is 54.4 Å². The number of fused-ring (bicyclic) bond motifs is 1. The van der Waals surface area contributed by atoms with E-state index in [1.54, 1.807) is 21.9 Å². The Morgan fingerprint density at radius 1 is 0.949 bits per heavy atom. The van der Waals surface area contributed by atoms with Gasteiger partial charge in [0.1, 0.15) is 24.7 Å². The minimum Gasteiger partial charge on any atom is -0.513 e. The second-order valence-electron chi connectivity index (χ2n) is 10.9. The van der Waals surface area contributed by atoms with Gasteiger partial charge in [-0.2, -0.15) is 0 Å². The molecule has 2 aromatic carbocycles. The number of aliphatic hydroxyl groups is 1. The topological polar surface area (TPSA) is 85.3 Å². The molecule has 0 bridgehead atoms. The molecule has 2 N–H and O–H groups in total. The highest BCUT2D eigenvalue weighted by atomic mass is 16.5. The van der Waals surface area contributed by atoms with E-state index in [9.17, 15) is 14.7 Å². The van der Waals surface area contributed by atoms with Crippen molar-refractivity contribution < 1.29 is 19.4 Å². The van der Waals surface area contributed by atoms with Crippen LogP contribution in [0.3, 0.4) is 0 Å². The summed E-state index contributed by atoms with van der Waals surface area (Å²) in [6, 6.07) is 14.0. The molecule has 2 amide bonds. The second-order valence-corrected chi connectivity index (χ2v) is 10.9. The Labute approximate surface area is 229 Å². The van der Waals surface area contributed by atoms with Crippen LogP contribution in [-0.2, 0) is 4.79 Å². The van der Waals surface area contributed by atoms with Crippen molar-refractivity contribution in [1.29, 1.82) is 0 Å². The van der Waals surface area contributed by atoms with Gasteiger partial charge in [0.05, 0.1) is 16.9 Å². The van der Waals surface area contributed by atoms with Gasteiger partial charge in [-0.1, -0.05) is 31.1 Å². The second kappa shape index (κ2) is 11.1. The number of likely N-dealkylation sites (tertiary alicyclic amines) is 1. The van der Waals surface area contributed by atoms with Gasteiger partial charge in [0.2, 0.25) is 5.91 Å². The number of nitrogens with one attached hydrogen (secondary N) is 1. The average molecular weight is 529 g/mol. The van der Waals surface area contributed by atoms with Crippen molar-refractivity contribution in [2.45, 2.75) is 50.7 Å². The van der Waals surface area contributed by atoms with Gasteiger partial charge in [-0.15, -0.1) is 0 Å². The molecule has 3 aliphatic heterocycles. The molecular formula is C31H36N4O4. The molecule has 0 spiro atoms. The summed E-state index contributed by atoms with van der Waals surface area (Å²) < 4.78 is 6.28. The number of para-hydroxylation sites is 1. The smallest absolute Gasteiger partial charge is 0.256 e. The van der Waals surface area contributed by atoms with Gasteiger partial charge in [0.25, 0.3) is 5.91 Å². The first-order chi connectivity index (χ1) is 19.1. The lowest BCUT2D eigenvalue weighted by Crippen LogP contribution is -2.52. The number of carbonyl (C=O) groups excluding carboxylic acids is 2. The first-order valence-electron chi connectivity index (χ1n) is 14.1. The van der Waals surface area contributed by atoms with Crippen LogP contribution in [0.15, 0.2) is 60.5 Å². The fourth-order valence-electron chi connectivity index (χ4n) is 6.28. The maximum atomic E-state index is 13.4. The summed E-state index contributed by atoms with van der Waals surface area (Å²) in [6.45, 7) is 3.10. The van der Waals surface area contributed by atoms with E-state index in [4.69, 9.17) is 4.74 Å². The third-order valence-corrected chi connectivity index (χ3v) is 8.45. The summed E-state index contributed by atoms with van der Waals surface area (Å²) in [7, 11) is 0. The molecule has 1 saturated carbocycles. The van der Waals surface area contributed by atoms with Gasteiger partial charge in [-0.3, -0.25) is 9.59 Å². The van der Waals surface area contributed by atoms with Crippen LogP contribution in [0.4, 0.5) is 11.4 Å². The minimum absolute atomic E-state index is 0.0128. The molecule has 4 aliphatic rings. The van der Waals surface area contributed by atoms with E-state index < -0.39 is 0 Å². The number of carbonyl (C=O) groups is 2. The number of benzene rings is 2. The number of rotatable bonds is 5. The summed E-state index contributed by atoms with van der Waals surface area (Å²) in [5.74, 6) is 0.518. The number of amides is 2. The Morgan fingerprint density at radius 2 is 1.72 bits per heavy atom. The zero-order valence-electron chi connectivity index (χ0n) is 22.2. The molecule has 1 aliphatic carbocycles. The average Bonchev–Trinajstić information content (AvgIpc) is 3.52. The minimum atomic E-state index is -0.206. The van der Waals surface area contributed by atoms with Gasteiger partial charge in [0.15, 0.2) is 0 Å². The fourth-order valence-corrected chi connectivity index (χ4v) is 6.28. The van der Waals surface area contributed by atoms with Crippen molar-refractivity contribution in [3.63, 3.8) is 0 Å². The molecule has 8 heteroatoms. The number of nitrogens with zero attached hydrogens (tertiary/aromatic N) is 3. The van der Waals surface area contributed by atoms with E-state index in [1.165, 1.54) is 25.7 Å². The SMILES string of the molecule is O=C(c1cccc2c1N/C(=C/O)C=C2)N1CCN(c2ccc(OC3CCN(C4CCCC4)CC3)cc2)C(=O)C1. The Hall–Kier alpha value is -3.78. The third kappa shape index (κ3) is 5.39. The van der Waals surface area contributed by atoms with Crippen molar-refractivity contribution in [3.05, 3.63) is 71.6 Å². The quantitative estimate of drug-likeness (QED) is 0.543. The Kier molecular flexibility index (Phi) is 7.28. The van der Waals surface area contributed by atoms with Gasteiger partial charge >= 0.3 is 0 Å². The molecule has 3 heterocycles. The number of ether oxygens (including phenoxy) is 1. The predicted octanol–water partition coefficient (Wildman–Crippen LogP) is 4.80. The molecule has 2 saturated heterocycles. The molecule has 204 valence electrons. The van der Waals surface area contributed by atoms with Crippen LogP contribution >= 0.6 is 0 Å². The molecule has 6 rings (SSSR count). The van der Waals surface area contributed by atoms with Gasteiger partial charge in [0, 0.05) is 37.9 Å². The Bertz CT molecular complexity index is 1270. The van der Waals surface area contributed by atoms with E-state index in [1.807, 2.05) is 42.5 Å². The number of anilines is 2. The maximum Gasteiger partial charge on any atom is 0.256 e. The molecular weight excluding hydrogens is 492 g/mol. The molecule has 39 heavy (non-hydrogen) atoms. The van der Waals surface area contributed by atoms with Crippen LogP contribution in [0.5, 0.6) is 5.75 Å². The number of aliphatic hydroxyl groups excluding tert-OH is 1. The summed E-state index contributed by atoms with van der Waals surface area (Å²) in [5.41, 5.74) is 3.30. The number of hydrogen-bond acceptors (Lipinski definition) is 6. The van der Waals surface area contributed by atoms with Crippen molar-refractivity contribution in [2.75, 3.05) is 42.9 Å².